The van der Waals surface area contributed by atoms with Gasteiger partial charge in [0.05, 0.1) is 12.7 Å². The Balaban J connectivity index is 1.25. The highest BCUT2D eigenvalue weighted by atomic mass is 35.5. The lowest BCUT2D eigenvalue weighted by atomic mass is 9.90. The lowest BCUT2D eigenvalue weighted by Gasteiger charge is -2.40. The Labute approximate surface area is 225 Å². The predicted octanol–water partition coefficient (Wildman–Crippen LogP) is 3.80. The average Bonchev–Trinajstić information content (AvgIpc) is 3.25. The summed E-state index contributed by atoms with van der Waals surface area (Å²) >= 11 is 6.45. The van der Waals surface area contributed by atoms with Crippen LogP contribution in [-0.4, -0.2) is 58.1 Å². The predicted molar refractivity (Wildman–Crippen MR) is 138 cm³/mol. The standard InChI is InChI=1S/C29H30ClFO7/c1-15-25-20(3-2-4-22(25)31)24(37-15)14-36-19-8-5-16(6-9-19)11-18-12-17(7-10-21(18)30)29-28(35)27(34)26(33)23(13-32)38-29/h2-10,12,15,23-24,26-29,32-35H,11,13-14H2,1H3/t15?,23-,24?,26-,27+,28-,29+/m1/s1. The molecule has 0 bridgehead atoms. The zero-order valence-corrected chi connectivity index (χ0v) is 21.5. The maximum atomic E-state index is 14.2. The number of hydrogen-bond acceptors (Lipinski definition) is 7. The van der Waals surface area contributed by atoms with Gasteiger partial charge in [-0.1, -0.05) is 48.0 Å². The molecule has 2 aliphatic heterocycles. The van der Waals surface area contributed by atoms with Crippen molar-refractivity contribution in [3.63, 3.8) is 0 Å². The third kappa shape index (κ3) is 5.31. The normalized spacial score (nSPS) is 28.8. The van der Waals surface area contributed by atoms with E-state index in [1.54, 1.807) is 24.3 Å². The molecule has 2 heterocycles. The lowest BCUT2D eigenvalue weighted by Crippen LogP contribution is -2.55. The summed E-state index contributed by atoms with van der Waals surface area (Å²) in [5, 5.41) is 40.7. The van der Waals surface area contributed by atoms with Crippen LogP contribution in [-0.2, 0) is 15.9 Å². The molecule has 5 rings (SSSR count). The second-order valence-electron chi connectivity index (χ2n) is 9.74. The molecule has 2 aliphatic rings. The molecular weight excluding hydrogens is 515 g/mol. The molecule has 0 aromatic heterocycles. The van der Waals surface area contributed by atoms with E-state index in [0.717, 1.165) is 16.7 Å². The van der Waals surface area contributed by atoms with Gasteiger partial charge in [0.15, 0.2) is 0 Å². The highest BCUT2D eigenvalue weighted by molar-refractivity contribution is 6.31. The van der Waals surface area contributed by atoms with Crippen LogP contribution in [0.1, 0.15) is 53.1 Å². The van der Waals surface area contributed by atoms with Gasteiger partial charge in [0.2, 0.25) is 0 Å². The molecule has 1 saturated heterocycles. The van der Waals surface area contributed by atoms with Crippen LogP contribution in [0, 0.1) is 5.82 Å². The number of benzene rings is 3. The van der Waals surface area contributed by atoms with Crippen molar-refractivity contribution in [3.05, 3.63) is 99.3 Å². The third-order valence-corrected chi connectivity index (χ3v) is 7.59. The molecule has 7 nitrogen and oxygen atoms in total. The van der Waals surface area contributed by atoms with Crippen LogP contribution < -0.4 is 4.74 Å². The molecule has 0 spiro atoms. The molecule has 0 amide bonds. The van der Waals surface area contributed by atoms with Crippen LogP contribution >= 0.6 is 11.6 Å². The van der Waals surface area contributed by atoms with E-state index >= 15 is 0 Å². The summed E-state index contributed by atoms with van der Waals surface area (Å²) in [6.07, 6.45) is -6.35. The first-order valence-corrected chi connectivity index (χ1v) is 12.9. The molecule has 202 valence electrons. The summed E-state index contributed by atoms with van der Waals surface area (Å²) in [6, 6.07) is 17.7. The summed E-state index contributed by atoms with van der Waals surface area (Å²) in [6.45, 7) is 1.59. The van der Waals surface area contributed by atoms with Crippen LogP contribution in [0.3, 0.4) is 0 Å². The first-order valence-electron chi connectivity index (χ1n) is 12.5. The zero-order valence-electron chi connectivity index (χ0n) is 20.7. The molecular formula is C29H30ClFO7. The number of ether oxygens (including phenoxy) is 3. The van der Waals surface area contributed by atoms with Crippen LogP contribution in [0.15, 0.2) is 60.7 Å². The maximum absolute atomic E-state index is 14.2. The Morgan fingerprint density at radius 3 is 2.45 bits per heavy atom. The van der Waals surface area contributed by atoms with Crippen LogP contribution in [0.2, 0.25) is 5.02 Å². The minimum absolute atomic E-state index is 0.257. The van der Waals surface area contributed by atoms with E-state index in [-0.39, 0.29) is 24.6 Å². The number of rotatable bonds is 7. The molecule has 7 atom stereocenters. The van der Waals surface area contributed by atoms with E-state index in [4.69, 9.17) is 25.8 Å². The Hall–Kier alpha value is -2.56. The number of fused-ring (bicyclic) bond motifs is 1. The van der Waals surface area contributed by atoms with Gasteiger partial charge in [0, 0.05) is 10.6 Å². The first-order chi connectivity index (χ1) is 18.3. The van der Waals surface area contributed by atoms with Gasteiger partial charge in [-0.25, -0.2) is 4.39 Å². The first kappa shape index (κ1) is 27.0. The Kier molecular flexibility index (Phi) is 8.02. The van der Waals surface area contributed by atoms with Crippen LogP contribution in [0.4, 0.5) is 4.39 Å². The fourth-order valence-electron chi connectivity index (χ4n) is 5.16. The number of hydrogen-bond donors (Lipinski definition) is 4. The highest BCUT2D eigenvalue weighted by Crippen LogP contribution is 2.40. The van der Waals surface area contributed by atoms with Gasteiger partial charge < -0.3 is 34.6 Å². The second-order valence-corrected chi connectivity index (χ2v) is 10.1. The molecule has 0 radical (unpaired) electrons. The van der Waals surface area contributed by atoms with Crippen molar-refractivity contribution >= 4 is 11.6 Å². The summed E-state index contributed by atoms with van der Waals surface area (Å²) < 4.78 is 31.7. The van der Waals surface area contributed by atoms with E-state index in [9.17, 15) is 24.8 Å². The summed E-state index contributed by atoms with van der Waals surface area (Å²) in [5.41, 5.74) is 3.70. The van der Waals surface area contributed by atoms with Crippen molar-refractivity contribution in [1.82, 2.24) is 0 Å². The number of aliphatic hydroxyl groups is 4. The minimum atomic E-state index is -1.46. The van der Waals surface area contributed by atoms with Gasteiger partial charge in [0.25, 0.3) is 0 Å². The summed E-state index contributed by atoms with van der Waals surface area (Å²) in [5.74, 6) is 0.382. The fourth-order valence-corrected chi connectivity index (χ4v) is 5.34. The van der Waals surface area contributed by atoms with E-state index in [2.05, 4.69) is 0 Å². The van der Waals surface area contributed by atoms with Crippen molar-refractivity contribution in [1.29, 1.82) is 0 Å². The second kappa shape index (κ2) is 11.3. The molecule has 0 saturated carbocycles. The Morgan fingerprint density at radius 1 is 0.947 bits per heavy atom. The topological polar surface area (TPSA) is 109 Å². The maximum Gasteiger partial charge on any atom is 0.129 e. The van der Waals surface area contributed by atoms with Crippen molar-refractivity contribution in [2.24, 2.45) is 0 Å². The average molecular weight is 545 g/mol. The summed E-state index contributed by atoms with van der Waals surface area (Å²) in [7, 11) is 0. The smallest absolute Gasteiger partial charge is 0.129 e. The van der Waals surface area contributed by atoms with E-state index in [0.29, 0.717) is 28.3 Å². The number of aliphatic hydroxyl groups excluding tert-OH is 4. The van der Waals surface area contributed by atoms with Crippen LogP contribution in [0.5, 0.6) is 5.75 Å². The van der Waals surface area contributed by atoms with Crippen LogP contribution in [0.25, 0.3) is 0 Å². The molecule has 4 N–H and O–H groups in total. The van der Waals surface area contributed by atoms with Crippen molar-refractivity contribution in [3.8, 4) is 5.75 Å². The lowest BCUT2D eigenvalue weighted by molar-refractivity contribution is -0.231. The third-order valence-electron chi connectivity index (χ3n) is 7.22. The van der Waals surface area contributed by atoms with Gasteiger partial charge >= 0.3 is 0 Å². The highest BCUT2D eigenvalue weighted by Gasteiger charge is 2.44. The quantitative estimate of drug-likeness (QED) is 0.358. The van der Waals surface area contributed by atoms with Gasteiger partial charge in [-0.05, 0) is 59.9 Å². The van der Waals surface area contributed by atoms with Crippen molar-refractivity contribution in [2.45, 2.75) is 56.1 Å². The molecule has 3 aromatic carbocycles. The zero-order chi connectivity index (χ0) is 27.0. The fraction of sp³-hybridized carbons (Fsp3) is 0.379. The molecule has 3 aromatic rings. The molecule has 38 heavy (non-hydrogen) atoms. The van der Waals surface area contributed by atoms with Crippen molar-refractivity contribution in [2.75, 3.05) is 13.2 Å². The van der Waals surface area contributed by atoms with Gasteiger partial charge in [-0.3, -0.25) is 0 Å². The monoisotopic (exact) mass is 544 g/mol. The molecule has 1 fully saturated rings. The Bertz CT molecular complexity index is 1270. The van der Waals surface area contributed by atoms with E-state index in [1.807, 2.05) is 37.3 Å². The largest absolute Gasteiger partial charge is 0.491 e. The molecule has 2 unspecified atom stereocenters. The summed E-state index contributed by atoms with van der Waals surface area (Å²) in [4.78, 5) is 0. The van der Waals surface area contributed by atoms with E-state index < -0.39 is 37.1 Å². The Morgan fingerprint density at radius 2 is 1.71 bits per heavy atom. The van der Waals surface area contributed by atoms with Gasteiger partial charge in [-0.15, -0.1) is 0 Å². The number of halogens is 2. The van der Waals surface area contributed by atoms with E-state index in [1.165, 1.54) is 6.07 Å². The minimum Gasteiger partial charge on any atom is -0.491 e. The molecule has 0 aliphatic carbocycles. The molecule has 9 heteroatoms. The van der Waals surface area contributed by atoms with Crippen molar-refractivity contribution < 1.29 is 39.0 Å². The SMILES string of the molecule is CC1OC(COc2ccc(Cc3cc([C@@H]4O[C@H](CO)[C@@H](O)[C@H](O)[C@H]4O)ccc3Cl)cc2)c2cccc(F)c21. The van der Waals surface area contributed by atoms with Gasteiger partial charge in [-0.2, -0.15) is 0 Å². The van der Waals surface area contributed by atoms with Gasteiger partial charge in [0.1, 0.15) is 54.8 Å².